The number of hydrogen-bond donors (Lipinski definition) is 2. The van der Waals surface area contributed by atoms with Gasteiger partial charge in [0.1, 0.15) is 4.90 Å². The molecule has 1 aromatic carbocycles. The van der Waals surface area contributed by atoms with Crippen LogP contribution in [0.5, 0.6) is 0 Å². The average Bonchev–Trinajstić information content (AvgIpc) is 2.95. The number of sulfonamides is 1. The molecule has 0 heterocycles. The minimum Gasteiger partial charge on any atom is -0.396 e. The van der Waals surface area contributed by atoms with Crippen molar-refractivity contribution >= 4 is 38.9 Å². The molecule has 0 unspecified atom stereocenters. The fourth-order valence-corrected chi connectivity index (χ4v) is 5.08. The molecule has 1 aliphatic carbocycles. The number of nitrogens with zero attached hydrogens (tertiary/aromatic N) is 1. The first kappa shape index (κ1) is 16.8. The molecule has 0 spiro atoms. The smallest absolute Gasteiger partial charge is 0.244 e. The van der Waals surface area contributed by atoms with Crippen LogP contribution in [0, 0.1) is 0 Å². The number of benzene rings is 1. The zero-order chi connectivity index (χ0) is 15.6. The number of aliphatic hydroxyl groups excluding tert-OH is 1. The van der Waals surface area contributed by atoms with Crippen molar-refractivity contribution in [1.29, 1.82) is 0 Å². The van der Waals surface area contributed by atoms with Crippen LogP contribution in [0.2, 0.25) is 10.0 Å². The summed E-state index contributed by atoms with van der Waals surface area (Å²) in [5, 5.41) is 9.34. The van der Waals surface area contributed by atoms with Crippen LogP contribution >= 0.6 is 23.2 Å². The van der Waals surface area contributed by atoms with Crippen molar-refractivity contribution in [3.05, 3.63) is 22.2 Å². The SMILES string of the molecule is Nc1c(Cl)ccc(S(=O)(=O)N(CCO)C2CCCC2)c1Cl. The molecule has 8 heteroatoms. The van der Waals surface area contributed by atoms with Crippen LogP contribution in [0.15, 0.2) is 17.0 Å². The molecular weight excluding hydrogens is 335 g/mol. The van der Waals surface area contributed by atoms with Gasteiger partial charge in [0.2, 0.25) is 10.0 Å². The normalized spacial score (nSPS) is 16.8. The number of nitrogens with two attached hydrogens (primary N) is 1. The van der Waals surface area contributed by atoms with Gasteiger partial charge in [-0.25, -0.2) is 8.42 Å². The Kier molecular flexibility index (Phi) is 5.38. The number of halogens is 2. The third kappa shape index (κ3) is 3.29. The number of anilines is 1. The third-order valence-corrected chi connectivity index (χ3v) is 6.57. The van der Waals surface area contributed by atoms with Crippen molar-refractivity contribution in [3.8, 4) is 0 Å². The first-order valence-corrected chi connectivity index (χ1v) is 8.95. The second-order valence-corrected chi connectivity index (χ2v) is 7.69. The molecule has 1 aromatic rings. The van der Waals surface area contributed by atoms with Gasteiger partial charge in [0.05, 0.1) is 22.3 Å². The predicted molar refractivity (Wildman–Crippen MR) is 84.1 cm³/mol. The maximum atomic E-state index is 12.8. The quantitative estimate of drug-likeness (QED) is 0.797. The lowest BCUT2D eigenvalue weighted by Crippen LogP contribution is -2.40. The van der Waals surface area contributed by atoms with E-state index in [0.717, 1.165) is 25.7 Å². The van der Waals surface area contributed by atoms with E-state index in [1.165, 1.54) is 16.4 Å². The number of hydrogen-bond acceptors (Lipinski definition) is 4. The topological polar surface area (TPSA) is 83.6 Å². The molecule has 0 aromatic heterocycles. The lowest BCUT2D eigenvalue weighted by atomic mass is 10.2. The van der Waals surface area contributed by atoms with E-state index < -0.39 is 10.0 Å². The molecule has 0 bridgehead atoms. The minimum atomic E-state index is -3.81. The first-order valence-electron chi connectivity index (χ1n) is 6.75. The van der Waals surface area contributed by atoms with Gasteiger partial charge in [-0.2, -0.15) is 4.31 Å². The number of rotatable bonds is 5. The highest BCUT2D eigenvalue weighted by Crippen LogP contribution is 2.36. The van der Waals surface area contributed by atoms with Gasteiger partial charge >= 0.3 is 0 Å². The highest BCUT2D eigenvalue weighted by atomic mass is 35.5. The largest absolute Gasteiger partial charge is 0.396 e. The van der Waals surface area contributed by atoms with Crippen molar-refractivity contribution in [2.45, 2.75) is 36.6 Å². The van der Waals surface area contributed by atoms with Gasteiger partial charge in [-0.1, -0.05) is 36.0 Å². The van der Waals surface area contributed by atoms with Gasteiger partial charge in [0, 0.05) is 12.6 Å². The van der Waals surface area contributed by atoms with Gasteiger partial charge in [-0.05, 0) is 25.0 Å². The fraction of sp³-hybridized carbons (Fsp3) is 0.538. The molecule has 1 saturated carbocycles. The fourth-order valence-electron chi connectivity index (χ4n) is 2.66. The molecule has 5 nitrogen and oxygen atoms in total. The van der Waals surface area contributed by atoms with Gasteiger partial charge in [-0.15, -0.1) is 0 Å². The van der Waals surface area contributed by atoms with Crippen LogP contribution < -0.4 is 5.73 Å². The molecule has 1 aliphatic rings. The molecule has 0 radical (unpaired) electrons. The molecular formula is C13H18Cl2N2O3S. The van der Waals surface area contributed by atoms with Gasteiger partial charge < -0.3 is 10.8 Å². The Labute approximate surface area is 134 Å². The van der Waals surface area contributed by atoms with Crippen LogP contribution in [0.1, 0.15) is 25.7 Å². The summed E-state index contributed by atoms with van der Waals surface area (Å²) in [7, 11) is -3.81. The number of aliphatic hydroxyl groups is 1. The van der Waals surface area contributed by atoms with E-state index in [4.69, 9.17) is 28.9 Å². The van der Waals surface area contributed by atoms with Crippen LogP contribution in [0.25, 0.3) is 0 Å². The van der Waals surface area contributed by atoms with E-state index in [9.17, 15) is 13.5 Å². The first-order chi connectivity index (χ1) is 9.89. The molecule has 21 heavy (non-hydrogen) atoms. The van der Waals surface area contributed by atoms with E-state index >= 15 is 0 Å². The van der Waals surface area contributed by atoms with Crippen molar-refractivity contribution in [3.63, 3.8) is 0 Å². The molecule has 3 N–H and O–H groups in total. The van der Waals surface area contributed by atoms with Crippen LogP contribution in [-0.4, -0.2) is 37.0 Å². The lowest BCUT2D eigenvalue weighted by Gasteiger charge is -2.28. The van der Waals surface area contributed by atoms with E-state index in [1.807, 2.05) is 0 Å². The summed E-state index contributed by atoms with van der Waals surface area (Å²) in [5.74, 6) is 0. The summed E-state index contributed by atoms with van der Waals surface area (Å²) < 4.78 is 27.0. The van der Waals surface area contributed by atoms with Crippen LogP contribution in [0.3, 0.4) is 0 Å². The molecule has 0 amide bonds. The second kappa shape index (κ2) is 6.71. The standard InChI is InChI=1S/C13H18Cl2N2O3S/c14-10-5-6-11(12(15)13(10)16)21(19,20)17(7-8-18)9-3-1-2-4-9/h5-6,9,18H,1-4,7-8,16H2. The summed E-state index contributed by atoms with van der Waals surface area (Å²) in [6.45, 7) is -0.192. The van der Waals surface area contributed by atoms with E-state index in [0.29, 0.717) is 0 Å². The van der Waals surface area contributed by atoms with Crippen molar-refractivity contribution < 1.29 is 13.5 Å². The molecule has 0 atom stereocenters. The van der Waals surface area contributed by atoms with Crippen LogP contribution in [-0.2, 0) is 10.0 Å². The lowest BCUT2D eigenvalue weighted by molar-refractivity contribution is 0.226. The zero-order valence-corrected chi connectivity index (χ0v) is 13.8. The van der Waals surface area contributed by atoms with Gasteiger partial charge in [-0.3, -0.25) is 0 Å². The molecule has 118 valence electrons. The minimum absolute atomic E-state index is 0.0475. The molecule has 1 fully saturated rings. The Balaban J connectivity index is 2.45. The Morgan fingerprint density at radius 1 is 1.29 bits per heavy atom. The van der Waals surface area contributed by atoms with Gasteiger partial charge in [0.15, 0.2) is 0 Å². The number of nitrogen functional groups attached to an aromatic ring is 1. The van der Waals surface area contributed by atoms with Crippen LogP contribution in [0.4, 0.5) is 5.69 Å². The summed E-state index contributed by atoms with van der Waals surface area (Å²) in [5.41, 5.74) is 5.76. The Morgan fingerprint density at radius 3 is 2.48 bits per heavy atom. The van der Waals surface area contributed by atoms with E-state index in [2.05, 4.69) is 0 Å². The van der Waals surface area contributed by atoms with Gasteiger partial charge in [0.25, 0.3) is 0 Å². The Morgan fingerprint density at radius 2 is 1.90 bits per heavy atom. The molecule has 2 rings (SSSR count). The van der Waals surface area contributed by atoms with Crippen molar-refractivity contribution in [1.82, 2.24) is 4.31 Å². The zero-order valence-electron chi connectivity index (χ0n) is 11.4. The third-order valence-electron chi connectivity index (χ3n) is 3.73. The maximum absolute atomic E-state index is 12.8. The molecule has 0 aliphatic heterocycles. The maximum Gasteiger partial charge on any atom is 0.244 e. The Hall–Kier alpha value is -0.530. The summed E-state index contributed by atoms with van der Waals surface area (Å²) in [6, 6.07) is 2.67. The Bertz CT molecular complexity index is 616. The second-order valence-electron chi connectivity index (χ2n) is 5.05. The summed E-state index contributed by atoms with van der Waals surface area (Å²) in [4.78, 5) is -0.0635. The highest BCUT2D eigenvalue weighted by Gasteiger charge is 2.34. The van der Waals surface area contributed by atoms with Crippen molar-refractivity contribution in [2.24, 2.45) is 0 Å². The predicted octanol–water partition coefficient (Wildman–Crippen LogP) is 2.50. The molecule has 0 saturated heterocycles. The summed E-state index contributed by atoms with van der Waals surface area (Å²) in [6.07, 6.45) is 3.55. The van der Waals surface area contributed by atoms with Crippen molar-refractivity contribution in [2.75, 3.05) is 18.9 Å². The average molecular weight is 353 g/mol. The van der Waals surface area contributed by atoms with E-state index in [-0.39, 0.29) is 39.8 Å². The van der Waals surface area contributed by atoms with E-state index in [1.54, 1.807) is 0 Å². The highest BCUT2D eigenvalue weighted by molar-refractivity contribution is 7.89. The summed E-state index contributed by atoms with van der Waals surface area (Å²) >= 11 is 11.9. The monoisotopic (exact) mass is 352 g/mol.